The zero-order valence-electron chi connectivity index (χ0n) is 11.5. The number of aromatic nitrogens is 3. The van der Waals surface area contributed by atoms with Gasteiger partial charge in [0.1, 0.15) is 17.3 Å². The molecule has 5 nitrogen and oxygen atoms in total. The van der Waals surface area contributed by atoms with Crippen molar-refractivity contribution in [3.63, 3.8) is 0 Å². The lowest BCUT2D eigenvalue weighted by molar-refractivity contribution is 0.571. The van der Waals surface area contributed by atoms with E-state index in [-0.39, 0.29) is 32.8 Å². The normalized spacial score (nSPS) is 11.2. The van der Waals surface area contributed by atoms with Gasteiger partial charge in [-0.3, -0.25) is 4.79 Å². The van der Waals surface area contributed by atoms with Crippen LogP contribution < -0.4 is 11.3 Å². The Bertz CT molecular complexity index is 1020. The zero-order chi connectivity index (χ0) is 16.9. The maximum absolute atomic E-state index is 14.3. The SMILES string of the molecule is Cc1[nH]c(=O)c2c(F)cc(-c3nc(Br)c(F)nc3N)cc2c1F. The van der Waals surface area contributed by atoms with Gasteiger partial charge in [0.15, 0.2) is 10.4 Å². The molecular formula is C14H8BrF3N4O. The lowest BCUT2D eigenvalue weighted by atomic mass is 10.0. The number of nitrogens with two attached hydrogens (primary N) is 1. The minimum atomic E-state index is -0.945. The number of rotatable bonds is 1. The first-order chi connectivity index (χ1) is 10.8. The van der Waals surface area contributed by atoms with E-state index in [2.05, 4.69) is 30.9 Å². The molecule has 23 heavy (non-hydrogen) atoms. The zero-order valence-corrected chi connectivity index (χ0v) is 13.1. The van der Waals surface area contributed by atoms with Gasteiger partial charge in [-0.2, -0.15) is 9.37 Å². The minimum Gasteiger partial charge on any atom is -0.382 e. The van der Waals surface area contributed by atoms with Crippen molar-refractivity contribution in [2.75, 3.05) is 5.73 Å². The molecule has 0 fully saturated rings. The molecule has 9 heteroatoms. The van der Waals surface area contributed by atoms with Crippen LogP contribution >= 0.6 is 15.9 Å². The molecule has 2 aromatic heterocycles. The van der Waals surface area contributed by atoms with Crippen LogP contribution in [0.4, 0.5) is 19.0 Å². The highest BCUT2D eigenvalue weighted by atomic mass is 79.9. The summed E-state index contributed by atoms with van der Waals surface area (Å²) in [6, 6.07) is 2.19. The summed E-state index contributed by atoms with van der Waals surface area (Å²) in [4.78, 5) is 21.3. The van der Waals surface area contributed by atoms with Crippen LogP contribution in [0.3, 0.4) is 0 Å². The van der Waals surface area contributed by atoms with Crippen LogP contribution in [0.5, 0.6) is 0 Å². The van der Waals surface area contributed by atoms with Gasteiger partial charge in [0.2, 0.25) is 5.95 Å². The Morgan fingerprint density at radius 2 is 1.91 bits per heavy atom. The molecule has 0 aliphatic heterocycles. The van der Waals surface area contributed by atoms with Crippen LogP contribution in [0, 0.1) is 24.5 Å². The molecular weight excluding hydrogens is 377 g/mol. The standard InChI is InChI=1S/C14H8BrF3N4O/c1-4-9(17)6-2-5(3-7(16)8(6)14(23)20-4)10-13(19)22-12(18)11(15)21-10/h2-3H,1H3,(H2,19,22)(H,20,23). The van der Waals surface area contributed by atoms with Crippen molar-refractivity contribution >= 4 is 32.5 Å². The van der Waals surface area contributed by atoms with Crippen molar-refractivity contribution in [2.24, 2.45) is 0 Å². The van der Waals surface area contributed by atoms with Gasteiger partial charge in [-0.15, -0.1) is 0 Å². The summed E-state index contributed by atoms with van der Waals surface area (Å²) >= 11 is 2.86. The summed E-state index contributed by atoms with van der Waals surface area (Å²) in [5, 5.41) is -0.632. The number of fused-ring (bicyclic) bond motifs is 1. The molecule has 118 valence electrons. The van der Waals surface area contributed by atoms with E-state index in [1.54, 1.807) is 0 Å². The number of nitrogens with one attached hydrogen (secondary N) is 1. The maximum Gasteiger partial charge on any atom is 0.259 e. The van der Waals surface area contributed by atoms with Gasteiger partial charge in [-0.25, -0.2) is 13.8 Å². The second-order valence-electron chi connectivity index (χ2n) is 4.81. The van der Waals surface area contributed by atoms with E-state index in [0.717, 1.165) is 6.07 Å². The Labute approximate surface area is 135 Å². The van der Waals surface area contributed by atoms with Crippen molar-refractivity contribution < 1.29 is 13.2 Å². The number of anilines is 1. The topological polar surface area (TPSA) is 84.7 Å². The third-order valence-corrected chi connectivity index (χ3v) is 3.80. The summed E-state index contributed by atoms with van der Waals surface area (Å²) in [6.07, 6.45) is 0. The molecule has 2 heterocycles. The third kappa shape index (κ3) is 2.46. The summed E-state index contributed by atoms with van der Waals surface area (Å²) in [5.41, 5.74) is 4.86. The van der Waals surface area contributed by atoms with Crippen LogP contribution in [0.15, 0.2) is 21.5 Å². The van der Waals surface area contributed by atoms with E-state index < -0.39 is 28.5 Å². The quantitative estimate of drug-likeness (QED) is 0.675. The number of halogens is 4. The second-order valence-corrected chi connectivity index (χ2v) is 5.56. The van der Waals surface area contributed by atoms with Crippen LogP contribution in [-0.2, 0) is 0 Å². The molecule has 0 unspecified atom stereocenters. The molecule has 0 amide bonds. The Morgan fingerprint density at radius 1 is 1.22 bits per heavy atom. The van der Waals surface area contributed by atoms with Crippen molar-refractivity contribution in [1.29, 1.82) is 0 Å². The second kappa shape index (κ2) is 5.34. The van der Waals surface area contributed by atoms with Crippen LogP contribution in [0.1, 0.15) is 5.69 Å². The fourth-order valence-corrected chi connectivity index (χ4v) is 2.52. The van der Waals surface area contributed by atoms with Gasteiger partial charge in [0.25, 0.3) is 5.56 Å². The van der Waals surface area contributed by atoms with Crippen molar-refractivity contribution in [2.45, 2.75) is 6.92 Å². The van der Waals surface area contributed by atoms with Crippen LogP contribution in [-0.4, -0.2) is 15.0 Å². The molecule has 1 aromatic carbocycles. The molecule has 0 bridgehead atoms. The monoisotopic (exact) mass is 384 g/mol. The number of hydrogen-bond acceptors (Lipinski definition) is 4. The van der Waals surface area contributed by atoms with Crippen molar-refractivity contribution in [3.05, 3.63) is 50.4 Å². The van der Waals surface area contributed by atoms with E-state index >= 15 is 0 Å². The summed E-state index contributed by atoms with van der Waals surface area (Å²) < 4.78 is 41.6. The fourth-order valence-electron chi connectivity index (χ4n) is 2.26. The van der Waals surface area contributed by atoms with E-state index in [4.69, 9.17) is 5.73 Å². The highest BCUT2D eigenvalue weighted by Gasteiger charge is 2.18. The van der Waals surface area contributed by atoms with Gasteiger partial charge in [-0.05, 0) is 35.0 Å². The largest absolute Gasteiger partial charge is 0.382 e. The molecule has 0 atom stereocenters. The molecule has 0 saturated heterocycles. The highest BCUT2D eigenvalue weighted by Crippen LogP contribution is 2.30. The molecule has 3 N–H and O–H groups in total. The predicted molar refractivity (Wildman–Crippen MR) is 82.3 cm³/mol. The average Bonchev–Trinajstić information content (AvgIpc) is 2.47. The number of aryl methyl sites for hydroxylation is 1. The minimum absolute atomic E-state index is 0.0293. The lowest BCUT2D eigenvalue weighted by Gasteiger charge is -2.09. The Kier molecular flexibility index (Phi) is 3.59. The third-order valence-electron chi connectivity index (χ3n) is 3.30. The van der Waals surface area contributed by atoms with Gasteiger partial charge in [0.05, 0.1) is 11.1 Å². The van der Waals surface area contributed by atoms with E-state index in [1.165, 1.54) is 13.0 Å². The number of aromatic amines is 1. The molecule has 3 aromatic rings. The molecule has 0 aliphatic rings. The first kappa shape index (κ1) is 15.5. The van der Waals surface area contributed by atoms with Crippen molar-refractivity contribution in [3.8, 4) is 11.3 Å². The van der Waals surface area contributed by atoms with Gasteiger partial charge in [0, 0.05) is 10.9 Å². The van der Waals surface area contributed by atoms with Gasteiger partial charge in [-0.1, -0.05) is 0 Å². The molecule has 0 aliphatic carbocycles. The molecule has 3 rings (SSSR count). The van der Waals surface area contributed by atoms with Crippen LogP contribution in [0.25, 0.3) is 22.0 Å². The first-order valence-corrected chi connectivity index (χ1v) is 7.09. The smallest absolute Gasteiger partial charge is 0.259 e. The lowest BCUT2D eigenvalue weighted by Crippen LogP contribution is -2.12. The highest BCUT2D eigenvalue weighted by molar-refractivity contribution is 9.10. The number of hydrogen-bond donors (Lipinski definition) is 2. The number of nitrogen functional groups attached to an aromatic ring is 1. The fraction of sp³-hybridized carbons (Fsp3) is 0.0714. The Morgan fingerprint density at radius 3 is 2.61 bits per heavy atom. The number of nitrogens with zero attached hydrogens (tertiary/aromatic N) is 2. The maximum atomic E-state index is 14.3. The van der Waals surface area contributed by atoms with E-state index in [0.29, 0.717) is 0 Å². The summed E-state index contributed by atoms with van der Waals surface area (Å²) in [5.74, 6) is -2.93. The Balaban J connectivity index is 2.39. The van der Waals surface area contributed by atoms with Crippen LogP contribution in [0.2, 0.25) is 0 Å². The molecule has 0 radical (unpaired) electrons. The Hall–Kier alpha value is -2.42. The number of pyridine rings is 1. The number of benzene rings is 1. The van der Waals surface area contributed by atoms with E-state index in [9.17, 15) is 18.0 Å². The predicted octanol–water partition coefficient (Wildman–Crippen LogP) is 3.06. The summed E-state index contributed by atoms with van der Waals surface area (Å²) in [7, 11) is 0. The van der Waals surface area contributed by atoms with Gasteiger partial charge >= 0.3 is 0 Å². The molecule has 0 saturated carbocycles. The average molecular weight is 385 g/mol. The van der Waals surface area contributed by atoms with E-state index in [1.807, 2.05) is 0 Å². The first-order valence-electron chi connectivity index (χ1n) is 6.30. The van der Waals surface area contributed by atoms with Gasteiger partial charge < -0.3 is 10.7 Å². The molecule has 0 spiro atoms. The van der Waals surface area contributed by atoms with Crippen molar-refractivity contribution in [1.82, 2.24) is 15.0 Å². The number of H-pyrrole nitrogens is 1. The summed E-state index contributed by atoms with van der Waals surface area (Å²) in [6.45, 7) is 1.35.